The first kappa shape index (κ1) is 13.2. The lowest BCUT2D eigenvalue weighted by Crippen LogP contribution is -2.34. The summed E-state index contributed by atoms with van der Waals surface area (Å²) in [5, 5.41) is 2.66. The molecule has 8 heteroatoms. The summed E-state index contributed by atoms with van der Waals surface area (Å²) in [6.45, 7) is 1.33. The van der Waals surface area contributed by atoms with E-state index in [0.29, 0.717) is 10.7 Å². The van der Waals surface area contributed by atoms with Gasteiger partial charge < -0.3 is 16.0 Å². The first-order valence-electron chi connectivity index (χ1n) is 4.67. The van der Waals surface area contributed by atoms with Crippen LogP contribution < -0.4 is 16.7 Å². The topological polar surface area (TPSA) is 118 Å². The monoisotopic (exact) mass is 256 g/mol. The molecule has 1 rings (SSSR count). The first-order chi connectivity index (χ1) is 7.95. The van der Waals surface area contributed by atoms with E-state index in [1.807, 2.05) is 0 Å². The number of H-pyrrole nitrogens is 1. The second kappa shape index (κ2) is 5.48. The summed E-state index contributed by atoms with van der Waals surface area (Å²) in [7, 11) is 0. The van der Waals surface area contributed by atoms with Gasteiger partial charge in [-0.3, -0.25) is 9.59 Å². The summed E-state index contributed by atoms with van der Waals surface area (Å²) in [5.41, 5.74) is 5.05. The maximum Gasteiger partial charge on any atom is 0.346 e. The number of aromatic amines is 1. The molecule has 0 aliphatic carbocycles. The molecule has 0 unspecified atom stereocenters. The van der Waals surface area contributed by atoms with E-state index >= 15 is 0 Å². The number of carbonyl (C=O) groups is 2. The van der Waals surface area contributed by atoms with Gasteiger partial charge in [-0.15, -0.1) is 11.8 Å². The summed E-state index contributed by atoms with van der Waals surface area (Å²) in [4.78, 5) is 39.5. The third-order valence-electron chi connectivity index (χ3n) is 1.93. The van der Waals surface area contributed by atoms with Crippen molar-refractivity contribution < 1.29 is 9.59 Å². The van der Waals surface area contributed by atoms with Crippen LogP contribution in [0.4, 0.5) is 0 Å². The van der Waals surface area contributed by atoms with Gasteiger partial charge in [0.25, 0.3) is 5.91 Å². The van der Waals surface area contributed by atoms with E-state index in [2.05, 4.69) is 15.3 Å². The Morgan fingerprint density at radius 2 is 2.18 bits per heavy atom. The Bertz CT molecular complexity index is 511. The average Bonchev–Trinajstić information content (AvgIpc) is 2.24. The minimum atomic E-state index is -0.640. The standard InChI is InChI=1S/C9H12N4O3S/c1-4-6(7(15)11-3-5(10)14)8(17-2)13-9(16)12-4/h3H2,1-2H3,(H2,10,14)(H,11,15)(H,12,13,16). The molecule has 0 spiro atoms. The lowest BCUT2D eigenvalue weighted by molar-refractivity contribution is -0.117. The minimum absolute atomic E-state index is 0.248. The molecule has 0 saturated carbocycles. The molecule has 0 bridgehead atoms. The van der Waals surface area contributed by atoms with Gasteiger partial charge in [0, 0.05) is 5.69 Å². The molecule has 1 aromatic rings. The van der Waals surface area contributed by atoms with Crippen LogP contribution in [0.5, 0.6) is 0 Å². The molecule has 1 heterocycles. The molecule has 0 fully saturated rings. The molecule has 0 atom stereocenters. The van der Waals surface area contributed by atoms with Crippen LogP contribution in [0.25, 0.3) is 0 Å². The highest BCUT2D eigenvalue weighted by atomic mass is 32.2. The van der Waals surface area contributed by atoms with Gasteiger partial charge in [0.15, 0.2) is 0 Å². The Morgan fingerprint density at radius 3 is 2.71 bits per heavy atom. The smallest absolute Gasteiger partial charge is 0.346 e. The molecular formula is C9H12N4O3S. The average molecular weight is 256 g/mol. The third kappa shape index (κ3) is 3.31. The van der Waals surface area contributed by atoms with Crippen LogP contribution in [0.1, 0.15) is 16.1 Å². The highest BCUT2D eigenvalue weighted by Crippen LogP contribution is 2.17. The molecule has 0 aliphatic rings. The Balaban J connectivity index is 3.08. The van der Waals surface area contributed by atoms with Crippen molar-refractivity contribution >= 4 is 23.6 Å². The van der Waals surface area contributed by atoms with Crippen LogP contribution in [-0.4, -0.2) is 34.6 Å². The van der Waals surface area contributed by atoms with Crippen molar-refractivity contribution in [3.8, 4) is 0 Å². The van der Waals surface area contributed by atoms with Gasteiger partial charge in [-0.1, -0.05) is 0 Å². The molecule has 7 nitrogen and oxygen atoms in total. The number of hydrogen-bond donors (Lipinski definition) is 3. The summed E-state index contributed by atoms with van der Waals surface area (Å²) in [6, 6.07) is 0. The summed E-state index contributed by atoms with van der Waals surface area (Å²) in [6.07, 6.45) is 1.70. The van der Waals surface area contributed by atoms with Crippen LogP contribution in [0.3, 0.4) is 0 Å². The van der Waals surface area contributed by atoms with Crippen molar-refractivity contribution in [3.05, 3.63) is 21.7 Å². The Hall–Kier alpha value is -1.83. The van der Waals surface area contributed by atoms with E-state index in [9.17, 15) is 14.4 Å². The van der Waals surface area contributed by atoms with Crippen molar-refractivity contribution in [2.75, 3.05) is 12.8 Å². The van der Waals surface area contributed by atoms with Crippen molar-refractivity contribution in [2.45, 2.75) is 11.9 Å². The van der Waals surface area contributed by atoms with Crippen molar-refractivity contribution in [2.24, 2.45) is 5.73 Å². The van der Waals surface area contributed by atoms with E-state index in [4.69, 9.17) is 5.73 Å². The number of thioether (sulfide) groups is 1. The van der Waals surface area contributed by atoms with Crippen molar-refractivity contribution in [3.63, 3.8) is 0 Å². The lowest BCUT2D eigenvalue weighted by Gasteiger charge is -2.08. The zero-order valence-corrected chi connectivity index (χ0v) is 10.2. The number of aromatic nitrogens is 2. The molecule has 0 radical (unpaired) electrons. The number of nitrogens with two attached hydrogens (primary N) is 1. The maximum atomic E-state index is 11.8. The fourth-order valence-electron chi connectivity index (χ4n) is 1.23. The maximum absolute atomic E-state index is 11.8. The van der Waals surface area contributed by atoms with E-state index in [-0.39, 0.29) is 12.1 Å². The normalized spacial score (nSPS) is 10.0. The Morgan fingerprint density at radius 1 is 1.53 bits per heavy atom. The molecule has 1 aromatic heterocycles. The fraction of sp³-hybridized carbons (Fsp3) is 0.333. The number of nitrogens with one attached hydrogen (secondary N) is 2. The SMILES string of the molecule is CSc1nc(=O)[nH]c(C)c1C(=O)NCC(N)=O. The van der Waals surface area contributed by atoms with Crippen LogP contribution in [-0.2, 0) is 4.79 Å². The van der Waals surface area contributed by atoms with E-state index in [1.165, 1.54) is 11.8 Å². The highest BCUT2D eigenvalue weighted by Gasteiger charge is 2.16. The lowest BCUT2D eigenvalue weighted by atomic mass is 10.2. The first-order valence-corrected chi connectivity index (χ1v) is 5.89. The summed E-state index contributed by atoms with van der Waals surface area (Å²) < 4.78 is 0. The number of primary amides is 1. The second-order valence-electron chi connectivity index (χ2n) is 3.20. The molecule has 17 heavy (non-hydrogen) atoms. The Labute approximate surface area is 101 Å². The van der Waals surface area contributed by atoms with Crippen LogP contribution >= 0.6 is 11.8 Å². The van der Waals surface area contributed by atoms with Crippen LogP contribution in [0, 0.1) is 6.92 Å². The molecule has 0 aromatic carbocycles. The quantitative estimate of drug-likeness (QED) is 0.472. The summed E-state index contributed by atoms with van der Waals surface area (Å²) >= 11 is 1.18. The van der Waals surface area contributed by atoms with Gasteiger partial charge in [0.05, 0.1) is 12.1 Å². The molecule has 4 N–H and O–H groups in total. The minimum Gasteiger partial charge on any atom is -0.368 e. The van der Waals surface area contributed by atoms with Gasteiger partial charge in [-0.05, 0) is 13.2 Å². The van der Waals surface area contributed by atoms with Gasteiger partial charge in [0.1, 0.15) is 5.03 Å². The van der Waals surface area contributed by atoms with Crippen molar-refractivity contribution in [1.82, 2.24) is 15.3 Å². The zero-order valence-electron chi connectivity index (χ0n) is 9.36. The second-order valence-corrected chi connectivity index (χ2v) is 4.00. The largest absolute Gasteiger partial charge is 0.368 e. The Kier molecular flexibility index (Phi) is 4.27. The predicted molar refractivity (Wildman–Crippen MR) is 62.9 cm³/mol. The fourth-order valence-corrected chi connectivity index (χ4v) is 1.85. The molecule has 92 valence electrons. The molecule has 2 amide bonds. The zero-order chi connectivity index (χ0) is 13.0. The number of nitrogens with zero attached hydrogens (tertiary/aromatic N) is 1. The van der Waals surface area contributed by atoms with Crippen LogP contribution in [0.2, 0.25) is 0 Å². The molecule has 0 saturated heterocycles. The van der Waals surface area contributed by atoms with E-state index in [1.54, 1.807) is 13.2 Å². The molecule has 0 aliphatic heterocycles. The number of carbonyl (C=O) groups excluding carboxylic acids is 2. The predicted octanol–water partition coefficient (Wildman–Crippen LogP) is -0.985. The van der Waals surface area contributed by atoms with Gasteiger partial charge in [0.2, 0.25) is 5.91 Å². The number of aryl methyl sites for hydroxylation is 1. The van der Waals surface area contributed by atoms with Gasteiger partial charge in [-0.2, -0.15) is 4.98 Å². The molecular weight excluding hydrogens is 244 g/mol. The number of hydrogen-bond acceptors (Lipinski definition) is 5. The highest BCUT2D eigenvalue weighted by molar-refractivity contribution is 7.98. The van der Waals surface area contributed by atoms with Crippen molar-refractivity contribution in [1.29, 1.82) is 0 Å². The van der Waals surface area contributed by atoms with Crippen LogP contribution in [0.15, 0.2) is 9.82 Å². The van der Waals surface area contributed by atoms with Gasteiger partial charge >= 0.3 is 5.69 Å². The van der Waals surface area contributed by atoms with E-state index < -0.39 is 17.5 Å². The van der Waals surface area contributed by atoms with E-state index in [0.717, 1.165) is 0 Å². The third-order valence-corrected chi connectivity index (χ3v) is 2.61. The summed E-state index contributed by atoms with van der Waals surface area (Å²) in [5.74, 6) is -1.13. The number of rotatable bonds is 4. The number of amides is 2. The van der Waals surface area contributed by atoms with Gasteiger partial charge in [-0.25, -0.2) is 4.79 Å².